The van der Waals surface area contributed by atoms with E-state index in [1.165, 1.54) is 6.92 Å². The number of nitrogens with two attached hydrogens (primary N) is 3. The van der Waals surface area contributed by atoms with Crippen LogP contribution in [0.25, 0.3) is 0 Å². The van der Waals surface area contributed by atoms with Gasteiger partial charge < -0.3 is 58.5 Å². The van der Waals surface area contributed by atoms with E-state index in [4.69, 9.17) is 27.0 Å². The smallest absolute Gasteiger partial charge is 0.408 e. The van der Waals surface area contributed by atoms with Crippen molar-refractivity contribution >= 4 is 41.4 Å². The Labute approximate surface area is 242 Å². The van der Waals surface area contributed by atoms with Crippen LogP contribution in [0.3, 0.4) is 0 Å². The molecule has 0 heterocycles. The third kappa shape index (κ3) is 14.2. The molecule has 18 heteroatoms. The lowest BCUT2D eigenvalue weighted by Gasteiger charge is -2.31. The fourth-order valence-corrected chi connectivity index (χ4v) is 3.60. The van der Waals surface area contributed by atoms with Crippen molar-refractivity contribution in [3.05, 3.63) is 0 Å². The molecule has 0 saturated carbocycles. The van der Waals surface area contributed by atoms with E-state index in [0.29, 0.717) is 19.4 Å². The highest BCUT2D eigenvalue weighted by molar-refractivity contribution is 5.91. The molecular weight excluding hydrogens is 562 g/mol. The van der Waals surface area contributed by atoms with Crippen molar-refractivity contribution in [1.82, 2.24) is 21.3 Å². The normalized spacial score (nSPS) is 15.9. The first kappa shape index (κ1) is 38.1. The molecule has 0 saturated heterocycles. The van der Waals surface area contributed by atoms with Crippen LogP contribution in [0.15, 0.2) is 0 Å². The van der Waals surface area contributed by atoms with Gasteiger partial charge in [-0.25, -0.2) is 4.79 Å². The van der Waals surface area contributed by atoms with Crippen molar-refractivity contribution < 1.29 is 53.6 Å². The highest BCUT2D eigenvalue weighted by atomic mass is 16.6. The first-order chi connectivity index (χ1) is 19.5. The first-order valence-electron chi connectivity index (χ1n) is 13.2. The molecule has 0 spiro atoms. The van der Waals surface area contributed by atoms with Crippen LogP contribution in [0.2, 0.25) is 0 Å². The number of nitrogens with one attached hydrogen (secondary N) is 4. The van der Waals surface area contributed by atoms with Crippen molar-refractivity contribution in [3.63, 3.8) is 0 Å². The molecule has 0 radical (unpaired) electrons. The molecule has 0 rings (SSSR count). The minimum Gasteiger partial charge on any atom is -0.441 e. The number of carbonyl (C=O) groups is 7. The zero-order chi connectivity index (χ0) is 32.6. The first-order valence-corrected chi connectivity index (χ1v) is 13.2. The van der Waals surface area contributed by atoms with Crippen LogP contribution in [0, 0.1) is 0 Å². The molecule has 7 atom stereocenters. The molecule has 0 aromatic carbocycles. The van der Waals surface area contributed by atoms with Gasteiger partial charge in [0, 0.05) is 13.3 Å². The van der Waals surface area contributed by atoms with E-state index in [2.05, 4.69) is 21.3 Å². The second-order valence-corrected chi connectivity index (χ2v) is 9.57. The molecule has 18 nitrogen and oxygen atoms in total. The van der Waals surface area contributed by atoms with Crippen molar-refractivity contribution in [3.8, 4) is 0 Å². The second kappa shape index (κ2) is 19.3. The Morgan fingerprint density at radius 3 is 1.88 bits per heavy atom. The van der Waals surface area contributed by atoms with Gasteiger partial charge in [0.15, 0.2) is 11.9 Å². The number of ether oxygens (including phenoxy) is 1. The predicted molar refractivity (Wildman–Crippen MR) is 145 cm³/mol. The molecule has 0 aliphatic rings. The van der Waals surface area contributed by atoms with E-state index in [-0.39, 0.29) is 19.3 Å². The number of Topliss-reactive ketones (excluding diaryl/α,β-unsaturated/α-hetero) is 1. The minimum atomic E-state index is -2.02. The van der Waals surface area contributed by atoms with E-state index in [1.807, 2.05) is 0 Å². The number of carbonyl (C=O) groups excluding carboxylic acids is 7. The number of ketones is 1. The van der Waals surface area contributed by atoms with Gasteiger partial charge in [0.1, 0.15) is 36.4 Å². The fourth-order valence-electron chi connectivity index (χ4n) is 3.60. The number of hydrogen-bond donors (Lipinski definition) is 10. The van der Waals surface area contributed by atoms with Gasteiger partial charge in [-0.05, 0) is 46.1 Å². The molecule has 3 unspecified atom stereocenters. The largest absolute Gasteiger partial charge is 0.441 e. The lowest BCUT2D eigenvalue weighted by Crippen LogP contribution is -2.58. The third-order valence-electron chi connectivity index (χ3n) is 5.96. The average molecular weight is 606 g/mol. The SMILES string of the molecule is CC(=O)N[C@@H](C(C)=O)[C@@H](OC(=O)NC(C)C(=O)NC(CCC(=O)NC(CCCCN)C(N)=O)C(N)=O)[C@H](O)[C@H](O)CO. The lowest BCUT2D eigenvalue weighted by molar-refractivity contribution is -0.135. The van der Waals surface area contributed by atoms with Crippen LogP contribution >= 0.6 is 0 Å². The molecule has 42 heavy (non-hydrogen) atoms. The zero-order valence-electron chi connectivity index (χ0n) is 23.8. The molecule has 0 aromatic heterocycles. The van der Waals surface area contributed by atoms with Crippen LogP contribution in [0.1, 0.15) is 52.9 Å². The number of aliphatic hydroxyl groups excluding tert-OH is 3. The number of primary amides is 2. The number of aliphatic hydroxyl groups is 3. The van der Waals surface area contributed by atoms with Crippen LogP contribution in [-0.2, 0) is 33.5 Å². The molecule has 0 aromatic rings. The summed E-state index contributed by atoms with van der Waals surface area (Å²) in [6.45, 7) is 2.67. The Kier molecular flexibility index (Phi) is 17.5. The Balaban J connectivity index is 5.30. The molecule has 13 N–H and O–H groups in total. The summed E-state index contributed by atoms with van der Waals surface area (Å²) >= 11 is 0. The van der Waals surface area contributed by atoms with Gasteiger partial charge in [0.05, 0.1) is 6.61 Å². The monoisotopic (exact) mass is 605 g/mol. The van der Waals surface area contributed by atoms with Crippen LogP contribution < -0.4 is 38.5 Å². The van der Waals surface area contributed by atoms with Crippen molar-refractivity contribution in [2.45, 2.75) is 95.4 Å². The van der Waals surface area contributed by atoms with E-state index >= 15 is 0 Å². The van der Waals surface area contributed by atoms with Gasteiger partial charge in [0.25, 0.3) is 0 Å². The summed E-state index contributed by atoms with van der Waals surface area (Å²) in [4.78, 5) is 84.4. The Morgan fingerprint density at radius 2 is 1.40 bits per heavy atom. The van der Waals surface area contributed by atoms with E-state index in [9.17, 15) is 43.8 Å². The van der Waals surface area contributed by atoms with Gasteiger partial charge in [-0.2, -0.15) is 0 Å². The topological polar surface area (TPSA) is 316 Å². The Bertz CT molecular complexity index is 965. The minimum absolute atomic E-state index is 0.261. The molecule has 0 aliphatic carbocycles. The van der Waals surface area contributed by atoms with Gasteiger partial charge in [-0.1, -0.05) is 0 Å². The zero-order valence-corrected chi connectivity index (χ0v) is 23.8. The quantitative estimate of drug-likeness (QED) is 0.0584. The van der Waals surface area contributed by atoms with Gasteiger partial charge >= 0.3 is 6.09 Å². The average Bonchev–Trinajstić information content (AvgIpc) is 2.90. The summed E-state index contributed by atoms with van der Waals surface area (Å²) < 4.78 is 5.03. The standard InChI is InChI=1S/C24H43N7O11/c1-11(28-24(41)42-20(19(37)16(35)10-32)18(12(2)33)29-13(3)34)23(40)31-15(22(27)39)7-8-17(36)30-14(21(26)38)6-4-5-9-25/h11,14-16,18-20,32,35,37H,4-10,25H2,1-3H3,(H2,26,38)(H2,27,39)(H,28,41)(H,29,34)(H,30,36)(H,31,40)/t11?,14?,15?,16-,18+,19-,20-/m1/s1. The Hall–Kier alpha value is -3.87. The Morgan fingerprint density at radius 1 is 0.833 bits per heavy atom. The maximum absolute atomic E-state index is 12.6. The predicted octanol–water partition coefficient (Wildman–Crippen LogP) is -4.87. The van der Waals surface area contributed by atoms with Crippen molar-refractivity contribution in [2.75, 3.05) is 13.2 Å². The van der Waals surface area contributed by atoms with Gasteiger partial charge in [-0.15, -0.1) is 0 Å². The van der Waals surface area contributed by atoms with Gasteiger partial charge in [0.2, 0.25) is 29.5 Å². The lowest BCUT2D eigenvalue weighted by atomic mass is 9.98. The van der Waals surface area contributed by atoms with Crippen LogP contribution in [0.4, 0.5) is 4.79 Å². The third-order valence-corrected chi connectivity index (χ3v) is 5.96. The van der Waals surface area contributed by atoms with E-state index < -0.39 is 90.5 Å². The number of hydrogen-bond acceptors (Lipinski definition) is 12. The summed E-state index contributed by atoms with van der Waals surface area (Å²) in [6, 6.07) is -5.32. The van der Waals surface area contributed by atoms with E-state index in [1.54, 1.807) is 0 Å². The molecule has 0 bridgehead atoms. The van der Waals surface area contributed by atoms with Crippen molar-refractivity contribution in [1.29, 1.82) is 0 Å². The van der Waals surface area contributed by atoms with Gasteiger partial charge in [-0.3, -0.25) is 28.8 Å². The molecule has 6 amide bonds. The summed E-state index contributed by atoms with van der Waals surface area (Å²) in [7, 11) is 0. The van der Waals surface area contributed by atoms with Crippen LogP contribution in [-0.4, -0.2) is 112 Å². The number of amides is 6. The summed E-state index contributed by atoms with van der Waals surface area (Å²) in [5.41, 5.74) is 16.0. The highest BCUT2D eigenvalue weighted by Gasteiger charge is 2.39. The fraction of sp³-hybridized carbons (Fsp3) is 0.708. The van der Waals surface area contributed by atoms with E-state index in [0.717, 1.165) is 13.8 Å². The number of alkyl carbamates (subject to hydrolysis) is 1. The number of unbranched alkanes of at least 4 members (excludes halogenated alkanes) is 1. The van der Waals surface area contributed by atoms with Crippen LogP contribution in [0.5, 0.6) is 0 Å². The molecule has 0 aliphatic heterocycles. The molecule has 0 fully saturated rings. The second-order valence-electron chi connectivity index (χ2n) is 9.57. The summed E-state index contributed by atoms with van der Waals surface area (Å²) in [5, 5.41) is 38.2. The summed E-state index contributed by atoms with van der Waals surface area (Å²) in [5.74, 6) is -4.81. The molecule has 240 valence electrons. The summed E-state index contributed by atoms with van der Waals surface area (Å²) in [6.07, 6.45) is -6.28. The highest BCUT2D eigenvalue weighted by Crippen LogP contribution is 2.12. The maximum atomic E-state index is 12.6. The maximum Gasteiger partial charge on any atom is 0.408 e. The number of rotatable bonds is 20. The van der Waals surface area contributed by atoms with Crippen molar-refractivity contribution in [2.24, 2.45) is 17.2 Å². The molecular formula is C24H43N7O11.